The lowest BCUT2D eigenvalue weighted by Crippen LogP contribution is -2.55. The number of methoxy groups -OCH3 is 1. The van der Waals surface area contributed by atoms with E-state index in [1.165, 1.54) is 31.6 Å². The summed E-state index contributed by atoms with van der Waals surface area (Å²) in [5.74, 6) is -0.197. The minimum atomic E-state index is -0.608. The average molecular weight is 497 g/mol. The number of nitrogens with one attached hydrogen (secondary N) is 1. The van der Waals surface area contributed by atoms with E-state index < -0.39 is 11.5 Å². The minimum Gasteiger partial charge on any atom is -0.487 e. The quantitative estimate of drug-likeness (QED) is 0.498. The van der Waals surface area contributed by atoms with E-state index in [9.17, 15) is 14.0 Å². The maximum Gasteiger partial charge on any atom is 0.339 e. The van der Waals surface area contributed by atoms with Crippen LogP contribution in [0.3, 0.4) is 0 Å². The Morgan fingerprint density at radius 1 is 1.14 bits per heavy atom. The molecule has 0 spiro atoms. The van der Waals surface area contributed by atoms with Gasteiger partial charge in [0.1, 0.15) is 23.5 Å². The summed E-state index contributed by atoms with van der Waals surface area (Å²) in [5.41, 5.74) is 0.748. The van der Waals surface area contributed by atoms with Crippen molar-refractivity contribution in [3.05, 3.63) is 82.5 Å². The molecule has 3 heterocycles. The number of halogens is 2. The zero-order valence-corrected chi connectivity index (χ0v) is 19.6. The lowest BCUT2D eigenvalue weighted by molar-refractivity contribution is 0.0599. The molecule has 0 bridgehead atoms. The Hall–Kier alpha value is -3.72. The van der Waals surface area contributed by atoms with Gasteiger partial charge in [0.15, 0.2) is 0 Å². The van der Waals surface area contributed by atoms with E-state index in [0.717, 1.165) is 12.8 Å². The lowest BCUT2D eigenvalue weighted by atomic mass is 10.1. The average Bonchev–Trinajstić information content (AvgIpc) is 3.61. The monoisotopic (exact) mass is 496 g/mol. The zero-order valence-electron chi connectivity index (χ0n) is 18.8. The molecule has 5 rings (SSSR count). The Morgan fingerprint density at radius 2 is 1.94 bits per heavy atom. The van der Waals surface area contributed by atoms with Crippen LogP contribution in [0.15, 0.2) is 54.9 Å². The lowest BCUT2D eigenvalue weighted by Gasteiger charge is -2.40. The first kappa shape index (κ1) is 23.0. The normalized spacial score (nSPS) is 16.3. The topological polar surface area (TPSA) is 93.6 Å². The fourth-order valence-electron chi connectivity index (χ4n) is 4.04. The van der Waals surface area contributed by atoms with Crippen LogP contribution in [0.2, 0.25) is 5.02 Å². The molecule has 1 N–H and O–H groups in total. The molecule has 1 aliphatic carbocycles. The smallest absolute Gasteiger partial charge is 0.339 e. The van der Waals surface area contributed by atoms with Gasteiger partial charge in [0.25, 0.3) is 5.91 Å². The Kier molecular flexibility index (Phi) is 6.02. The predicted octanol–water partition coefficient (Wildman–Crippen LogP) is 3.74. The molecule has 10 heteroatoms. The molecule has 2 aliphatic rings. The number of ether oxygens (including phenoxy) is 2. The molecule has 1 amide bonds. The Morgan fingerprint density at radius 3 is 2.60 bits per heavy atom. The molecule has 8 nitrogen and oxygen atoms in total. The fraction of sp³-hybridized carbons (Fsp3) is 0.280. The van der Waals surface area contributed by atoms with Crippen molar-refractivity contribution in [2.45, 2.75) is 24.5 Å². The number of aromatic nitrogens is 2. The van der Waals surface area contributed by atoms with E-state index in [4.69, 9.17) is 21.1 Å². The first-order valence-electron chi connectivity index (χ1n) is 11.1. The van der Waals surface area contributed by atoms with Crippen molar-refractivity contribution in [3.63, 3.8) is 0 Å². The van der Waals surface area contributed by atoms with E-state index in [0.29, 0.717) is 46.5 Å². The third-order valence-corrected chi connectivity index (χ3v) is 6.31. The van der Waals surface area contributed by atoms with Crippen molar-refractivity contribution in [2.24, 2.45) is 0 Å². The van der Waals surface area contributed by atoms with Crippen LogP contribution in [-0.4, -0.2) is 48.1 Å². The second-order valence-electron chi connectivity index (χ2n) is 8.59. The molecule has 0 unspecified atom stereocenters. The van der Waals surface area contributed by atoms with Gasteiger partial charge in [0.05, 0.1) is 47.6 Å². The molecule has 1 aromatic carbocycles. The summed E-state index contributed by atoms with van der Waals surface area (Å²) in [6.07, 6.45) is 4.23. The highest BCUT2D eigenvalue weighted by Gasteiger charge is 2.47. The van der Waals surface area contributed by atoms with Crippen LogP contribution in [-0.2, 0) is 10.3 Å². The van der Waals surface area contributed by atoms with Crippen LogP contribution >= 0.6 is 11.6 Å². The number of pyridine rings is 2. The number of amides is 1. The second-order valence-corrected chi connectivity index (χ2v) is 9.02. The zero-order chi connectivity index (χ0) is 24.6. The minimum absolute atomic E-state index is 0.155. The molecule has 2 aromatic heterocycles. The van der Waals surface area contributed by atoms with E-state index in [2.05, 4.69) is 15.3 Å². The maximum absolute atomic E-state index is 13.4. The standard InChI is InChI=1S/C25H22ClFN4O4/c1-34-24(33)15-5-6-21(28-11-15)25(7-8-25)30-23(32)20-9-16(26)12-29-22(20)31-13-19(14-31)35-18-4-2-3-17(27)10-18/h2-6,9-12,19H,7-8,13-14H2,1H3,(H,30,32). The van der Waals surface area contributed by atoms with Crippen LogP contribution in [0.25, 0.3) is 0 Å². The van der Waals surface area contributed by atoms with Crippen molar-refractivity contribution >= 4 is 29.3 Å². The summed E-state index contributed by atoms with van der Waals surface area (Å²) in [4.78, 5) is 35.7. The molecule has 35 heavy (non-hydrogen) atoms. The van der Waals surface area contributed by atoms with E-state index >= 15 is 0 Å². The van der Waals surface area contributed by atoms with Crippen molar-refractivity contribution in [3.8, 4) is 5.75 Å². The number of nitrogens with zero attached hydrogens (tertiary/aromatic N) is 3. The van der Waals surface area contributed by atoms with Gasteiger partial charge in [-0.2, -0.15) is 0 Å². The number of carbonyl (C=O) groups excluding carboxylic acids is 2. The Bertz CT molecular complexity index is 1280. The van der Waals surface area contributed by atoms with E-state index in [1.54, 1.807) is 30.3 Å². The van der Waals surface area contributed by atoms with Gasteiger partial charge in [-0.1, -0.05) is 17.7 Å². The maximum atomic E-state index is 13.4. The molecule has 3 aromatic rings. The predicted molar refractivity (Wildman–Crippen MR) is 126 cm³/mol. The molecular formula is C25H22ClFN4O4. The molecule has 0 atom stereocenters. The highest BCUT2D eigenvalue weighted by Crippen LogP contribution is 2.45. The molecule has 1 aliphatic heterocycles. The van der Waals surface area contributed by atoms with Gasteiger partial charge in [-0.3, -0.25) is 9.78 Å². The second kappa shape index (κ2) is 9.14. The summed E-state index contributed by atoms with van der Waals surface area (Å²) < 4.78 is 23.9. The summed E-state index contributed by atoms with van der Waals surface area (Å²) in [7, 11) is 1.31. The van der Waals surface area contributed by atoms with Gasteiger partial charge in [-0.25, -0.2) is 14.2 Å². The number of benzene rings is 1. The highest BCUT2D eigenvalue weighted by molar-refractivity contribution is 6.31. The molecule has 1 saturated heterocycles. The highest BCUT2D eigenvalue weighted by atomic mass is 35.5. The van der Waals surface area contributed by atoms with Gasteiger partial charge in [-0.15, -0.1) is 0 Å². The SMILES string of the molecule is COC(=O)c1ccc(C2(NC(=O)c3cc(Cl)cnc3N3CC(Oc4cccc(F)c4)C3)CC2)nc1. The number of anilines is 1. The first-order chi connectivity index (χ1) is 16.9. The van der Waals surface area contributed by atoms with Crippen molar-refractivity contribution < 1.29 is 23.5 Å². The third kappa shape index (κ3) is 4.77. The molecule has 1 saturated carbocycles. The largest absolute Gasteiger partial charge is 0.487 e. The number of hydrogen-bond donors (Lipinski definition) is 1. The summed E-state index contributed by atoms with van der Waals surface area (Å²) in [6, 6.07) is 10.9. The van der Waals surface area contributed by atoms with Gasteiger partial charge in [0, 0.05) is 18.5 Å². The first-order valence-corrected chi connectivity index (χ1v) is 11.4. The fourth-order valence-corrected chi connectivity index (χ4v) is 4.20. The van der Waals surface area contributed by atoms with E-state index in [-0.39, 0.29) is 17.8 Å². The van der Waals surface area contributed by atoms with Gasteiger partial charge >= 0.3 is 5.97 Å². The summed E-state index contributed by atoms with van der Waals surface area (Å²) >= 11 is 6.16. The summed E-state index contributed by atoms with van der Waals surface area (Å²) in [5, 5.41) is 3.42. The van der Waals surface area contributed by atoms with Crippen molar-refractivity contribution in [1.82, 2.24) is 15.3 Å². The number of rotatable bonds is 7. The van der Waals surface area contributed by atoms with Crippen LogP contribution in [0, 0.1) is 5.82 Å². The third-order valence-electron chi connectivity index (χ3n) is 6.10. The van der Waals surface area contributed by atoms with Gasteiger partial charge < -0.3 is 19.7 Å². The molecule has 0 radical (unpaired) electrons. The van der Waals surface area contributed by atoms with Crippen molar-refractivity contribution in [2.75, 3.05) is 25.1 Å². The van der Waals surface area contributed by atoms with Crippen LogP contribution in [0.4, 0.5) is 10.2 Å². The van der Waals surface area contributed by atoms with Crippen LogP contribution in [0.5, 0.6) is 5.75 Å². The van der Waals surface area contributed by atoms with E-state index in [1.807, 2.05) is 4.90 Å². The van der Waals surface area contributed by atoms with Crippen LogP contribution in [0.1, 0.15) is 39.3 Å². The molecule has 2 fully saturated rings. The Labute approximate surface area is 206 Å². The van der Waals surface area contributed by atoms with Gasteiger partial charge in [0.2, 0.25) is 0 Å². The van der Waals surface area contributed by atoms with Crippen molar-refractivity contribution in [1.29, 1.82) is 0 Å². The molecule has 180 valence electrons. The van der Waals surface area contributed by atoms with Gasteiger partial charge in [-0.05, 0) is 43.2 Å². The number of carbonyl (C=O) groups is 2. The number of esters is 1. The molecular weight excluding hydrogens is 475 g/mol. The Balaban J connectivity index is 1.29. The summed E-state index contributed by atoms with van der Waals surface area (Å²) in [6.45, 7) is 0.986. The number of hydrogen-bond acceptors (Lipinski definition) is 7. The van der Waals surface area contributed by atoms with Crippen LogP contribution < -0.4 is 15.0 Å².